The van der Waals surface area contributed by atoms with Crippen LogP contribution < -0.4 is 5.32 Å². The average molecular weight is 317 g/mol. The molecule has 1 rings (SSSR count). The second-order valence-corrected chi connectivity index (χ2v) is 6.22. The van der Waals surface area contributed by atoms with Crippen molar-refractivity contribution in [2.24, 2.45) is 0 Å². The molecular weight excluding hydrogens is 280 g/mol. The van der Waals surface area contributed by atoms with Crippen LogP contribution in [0.4, 0.5) is 0 Å². The molecule has 0 spiro atoms. The van der Waals surface area contributed by atoms with Gasteiger partial charge in [0.15, 0.2) is 0 Å². The molecule has 1 aliphatic heterocycles. The largest absolute Gasteiger partial charge is 0.369 e. The van der Waals surface area contributed by atoms with Crippen LogP contribution in [0.15, 0.2) is 47.2 Å². The fourth-order valence-corrected chi connectivity index (χ4v) is 3.12. The van der Waals surface area contributed by atoms with E-state index in [1.54, 1.807) is 0 Å². The van der Waals surface area contributed by atoms with Gasteiger partial charge in [-0.25, -0.2) is 0 Å². The predicted molar refractivity (Wildman–Crippen MR) is 104 cm³/mol. The van der Waals surface area contributed by atoms with Crippen molar-refractivity contribution < 1.29 is 0 Å². The molecule has 2 heteroatoms. The van der Waals surface area contributed by atoms with Crippen LogP contribution in [-0.4, -0.2) is 31.1 Å². The van der Waals surface area contributed by atoms with Crippen LogP contribution in [0.2, 0.25) is 0 Å². The van der Waals surface area contributed by atoms with E-state index in [-0.39, 0.29) is 0 Å². The molecule has 1 fully saturated rings. The number of nitrogens with zero attached hydrogens (tertiary/aromatic N) is 1. The first-order valence-electron chi connectivity index (χ1n) is 9.35. The Morgan fingerprint density at radius 3 is 2.26 bits per heavy atom. The van der Waals surface area contributed by atoms with Gasteiger partial charge < -0.3 is 10.2 Å². The quantitative estimate of drug-likeness (QED) is 0.464. The smallest absolute Gasteiger partial charge is 0.0364 e. The molecule has 0 amide bonds. The van der Waals surface area contributed by atoms with Gasteiger partial charge in [-0.3, -0.25) is 0 Å². The van der Waals surface area contributed by atoms with Crippen LogP contribution in [0.3, 0.4) is 0 Å². The minimum atomic E-state index is 1.05. The summed E-state index contributed by atoms with van der Waals surface area (Å²) in [6.07, 6.45) is 13.0. The number of rotatable bonds is 9. The van der Waals surface area contributed by atoms with Crippen LogP contribution >= 0.6 is 0 Å². The molecule has 23 heavy (non-hydrogen) atoms. The van der Waals surface area contributed by atoms with Crippen LogP contribution in [0.1, 0.15) is 59.8 Å². The van der Waals surface area contributed by atoms with Crippen molar-refractivity contribution in [1.29, 1.82) is 0 Å². The lowest BCUT2D eigenvalue weighted by Crippen LogP contribution is -2.42. The molecule has 0 atom stereocenters. The Kier molecular flexibility index (Phi) is 9.70. The third-order valence-corrected chi connectivity index (χ3v) is 4.66. The highest BCUT2D eigenvalue weighted by atomic mass is 15.2. The van der Waals surface area contributed by atoms with E-state index in [2.05, 4.69) is 62.7 Å². The maximum absolute atomic E-state index is 4.36. The predicted octanol–water partition coefficient (Wildman–Crippen LogP) is 5.21. The lowest BCUT2D eigenvalue weighted by atomic mass is 9.94. The van der Waals surface area contributed by atoms with Crippen LogP contribution in [-0.2, 0) is 0 Å². The van der Waals surface area contributed by atoms with Gasteiger partial charge in [-0.05, 0) is 55.9 Å². The van der Waals surface area contributed by atoms with Gasteiger partial charge in [-0.15, -0.1) is 0 Å². The van der Waals surface area contributed by atoms with E-state index in [0.29, 0.717) is 0 Å². The van der Waals surface area contributed by atoms with E-state index in [9.17, 15) is 0 Å². The normalized spacial score (nSPS) is 17.6. The summed E-state index contributed by atoms with van der Waals surface area (Å²) in [5.74, 6) is 0. The van der Waals surface area contributed by atoms with E-state index >= 15 is 0 Å². The van der Waals surface area contributed by atoms with Crippen molar-refractivity contribution in [2.45, 2.75) is 59.8 Å². The molecule has 0 radical (unpaired) electrons. The molecule has 1 aliphatic rings. The summed E-state index contributed by atoms with van der Waals surface area (Å²) in [6, 6.07) is 0. The van der Waals surface area contributed by atoms with Gasteiger partial charge in [0.05, 0.1) is 0 Å². The fourth-order valence-electron chi connectivity index (χ4n) is 3.12. The molecule has 0 bridgehead atoms. The zero-order chi connectivity index (χ0) is 17.1. The highest BCUT2D eigenvalue weighted by molar-refractivity contribution is 5.44. The Morgan fingerprint density at radius 1 is 1.04 bits per heavy atom. The molecule has 1 N–H and O–H groups in total. The lowest BCUT2D eigenvalue weighted by Gasteiger charge is -2.31. The van der Waals surface area contributed by atoms with Gasteiger partial charge in [-0.2, -0.15) is 0 Å². The van der Waals surface area contributed by atoms with Crippen LogP contribution in [0.25, 0.3) is 0 Å². The zero-order valence-electron chi connectivity index (χ0n) is 15.8. The topological polar surface area (TPSA) is 15.3 Å². The van der Waals surface area contributed by atoms with E-state index in [1.165, 1.54) is 48.1 Å². The van der Waals surface area contributed by atoms with E-state index < -0.39 is 0 Å². The second kappa shape index (κ2) is 11.3. The summed E-state index contributed by atoms with van der Waals surface area (Å²) < 4.78 is 0. The third-order valence-electron chi connectivity index (χ3n) is 4.66. The number of allylic oxidation sites excluding steroid dienone is 5. The molecule has 1 heterocycles. The molecular formula is C21H36N2. The first-order chi connectivity index (χ1) is 11.2. The fraction of sp³-hybridized carbons (Fsp3) is 0.619. The van der Waals surface area contributed by atoms with Crippen molar-refractivity contribution in [2.75, 3.05) is 26.2 Å². The minimum absolute atomic E-state index is 1.05. The molecule has 0 aliphatic carbocycles. The van der Waals surface area contributed by atoms with E-state index in [0.717, 1.165) is 32.6 Å². The standard InChI is InChI=1S/C21H36N2/c1-6-10-11-12-19(7-2)21(9-4)17-20(8-3)18(5)23-15-13-22-14-16-23/h7-8,17,22H,5-6,9-16H2,1-4H3/b19-7+,20-8+,21-17-. The Morgan fingerprint density at radius 2 is 1.74 bits per heavy atom. The average Bonchev–Trinajstić information content (AvgIpc) is 2.61. The summed E-state index contributed by atoms with van der Waals surface area (Å²) in [4.78, 5) is 2.40. The van der Waals surface area contributed by atoms with Crippen LogP contribution in [0, 0.1) is 0 Å². The monoisotopic (exact) mass is 316 g/mol. The molecule has 0 unspecified atom stereocenters. The van der Waals surface area contributed by atoms with Crippen molar-refractivity contribution >= 4 is 0 Å². The van der Waals surface area contributed by atoms with Crippen molar-refractivity contribution in [1.82, 2.24) is 10.2 Å². The van der Waals surface area contributed by atoms with Gasteiger partial charge in [-0.1, -0.05) is 45.4 Å². The maximum atomic E-state index is 4.36. The van der Waals surface area contributed by atoms with E-state index in [4.69, 9.17) is 0 Å². The van der Waals surface area contributed by atoms with Gasteiger partial charge in [0.1, 0.15) is 0 Å². The summed E-state index contributed by atoms with van der Waals surface area (Å²) in [5.41, 5.74) is 5.42. The maximum Gasteiger partial charge on any atom is 0.0364 e. The Bertz CT molecular complexity index is 448. The highest BCUT2D eigenvalue weighted by Gasteiger charge is 2.14. The summed E-state index contributed by atoms with van der Waals surface area (Å²) >= 11 is 0. The highest BCUT2D eigenvalue weighted by Crippen LogP contribution is 2.25. The Hall–Kier alpha value is -1.28. The Labute approximate surface area is 144 Å². The molecule has 2 nitrogen and oxygen atoms in total. The summed E-state index contributed by atoms with van der Waals surface area (Å²) in [7, 11) is 0. The summed E-state index contributed by atoms with van der Waals surface area (Å²) in [5, 5.41) is 3.41. The first kappa shape index (κ1) is 19.8. The molecule has 0 aromatic rings. The van der Waals surface area contributed by atoms with Gasteiger partial charge in [0, 0.05) is 31.9 Å². The minimum Gasteiger partial charge on any atom is -0.369 e. The van der Waals surface area contributed by atoms with Crippen molar-refractivity contribution in [3.8, 4) is 0 Å². The number of piperazine rings is 1. The van der Waals surface area contributed by atoms with E-state index in [1.807, 2.05) is 0 Å². The molecule has 0 aromatic heterocycles. The third kappa shape index (κ3) is 6.39. The number of hydrogen-bond donors (Lipinski definition) is 1. The molecule has 0 saturated carbocycles. The second-order valence-electron chi connectivity index (χ2n) is 6.22. The lowest BCUT2D eigenvalue weighted by molar-refractivity contribution is 0.306. The molecule has 1 saturated heterocycles. The summed E-state index contributed by atoms with van der Waals surface area (Å²) in [6.45, 7) is 17.4. The zero-order valence-corrected chi connectivity index (χ0v) is 15.8. The number of nitrogens with one attached hydrogen (secondary N) is 1. The van der Waals surface area contributed by atoms with Gasteiger partial charge in [0.25, 0.3) is 0 Å². The number of unbranched alkanes of at least 4 members (excludes halogenated alkanes) is 2. The van der Waals surface area contributed by atoms with Crippen molar-refractivity contribution in [3.63, 3.8) is 0 Å². The van der Waals surface area contributed by atoms with Crippen LogP contribution in [0.5, 0.6) is 0 Å². The number of hydrogen-bond acceptors (Lipinski definition) is 2. The van der Waals surface area contributed by atoms with Gasteiger partial charge >= 0.3 is 0 Å². The van der Waals surface area contributed by atoms with Crippen molar-refractivity contribution in [3.05, 3.63) is 47.2 Å². The Balaban J connectivity index is 2.84. The van der Waals surface area contributed by atoms with Gasteiger partial charge in [0.2, 0.25) is 0 Å². The molecule has 130 valence electrons. The first-order valence-corrected chi connectivity index (χ1v) is 9.35. The SMILES string of the molecule is C=C(C(/C=C(CC)\C(=C\C)CCCCC)=C/C)N1CCNCC1. The molecule has 0 aromatic carbocycles.